The van der Waals surface area contributed by atoms with Crippen LogP contribution in [0, 0.1) is 5.92 Å². The minimum atomic E-state index is -0.462. The van der Waals surface area contributed by atoms with Crippen molar-refractivity contribution in [3.05, 3.63) is 59.9 Å². The van der Waals surface area contributed by atoms with Gasteiger partial charge in [-0.15, -0.1) is 0 Å². The number of aromatic nitrogens is 1. The molecule has 2 rings (SSSR count). The lowest BCUT2D eigenvalue weighted by Gasteiger charge is -2.14. The van der Waals surface area contributed by atoms with Crippen LogP contribution in [0.5, 0.6) is 0 Å². The number of nitrogens with two attached hydrogens (primary N) is 1. The third-order valence-corrected chi connectivity index (χ3v) is 3.44. The van der Waals surface area contributed by atoms with Gasteiger partial charge in [0.2, 0.25) is 5.91 Å². The Kier molecular flexibility index (Phi) is 5.67. The highest BCUT2D eigenvalue weighted by atomic mass is 16.2. The zero-order valence-corrected chi connectivity index (χ0v) is 13.1. The Morgan fingerprint density at radius 3 is 2.27 bits per heavy atom. The van der Waals surface area contributed by atoms with Gasteiger partial charge in [-0.05, 0) is 54.2 Å². The van der Waals surface area contributed by atoms with Crippen molar-refractivity contribution in [2.45, 2.75) is 32.7 Å². The molecule has 0 aliphatic carbocycles. The summed E-state index contributed by atoms with van der Waals surface area (Å²) < 4.78 is 0. The SMILES string of the molecule is CC(C)C[C@H](N)C(=O)Nc1ccc(Cc2ccncc2)cc1. The molecule has 0 saturated heterocycles. The van der Waals surface area contributed by atoms with Crippen LogP contribution in [0.1, 0.15) is 31.4 Å². The lowest BCUT2D eigenvalue weighted by molar-refractivity contribution is -0.117. The second kappa shape index (κ2) is 7.71. The molecule has 0 unspecified atom stereocenters. The van der Waals surface area contributed by atoms with Gasteiger partial charge in [0, 0.05) is 18.1 Å². The average Bonchev–Trinajstić information content (AvgIpc) is 2.49. The predicted molar refractivity (Wildman–Crippen MR) is 89.5 cm³/mol. The highest BCUT2D eigenvalue weighted by Crippen LogP contribution is 2.14. The molecular formula is C18H23N3O. The van der Waals surface area contributed by atoms with Crippen LogP contribution in [-0.2, 0) is 11.2 Å². The molecule has 1 aromatic heterocycles. The van der Waals surface area contributed by atoms with E-state index in [4.69, 9.17) is 5.73 Å². The first kappa shape index (κ1) is 16.2. The van der Waals surface area contributed by atoms with Crippen molar-refractivity contribution < 1.29 is 4.79 Å². The van der Waals surface area contributed by atoms with Crippen LogP contribution in [0.25, 0.3) is 0 Å². The molecule has 3 N–H and O–H groups in total. The predicted octanol–water partition coefficient (Wildman–Crippen LogP) is 2.98. The summed E-state index contributed by atoms with van der Waals surface area (Å²) in [7, 11) is 0. The molecule has 0 aliphatic heterocycles. The molecule has 0 spiro atoms. The standard InChI is InChI=1S/C18H23N3O/c1-13(2)11-17(19)18(22)21-16-5-3-14(4-6-16)12-15-7-9-20-10-8-15/h3-10,13,17H,11-12,19H2,1-2H3,(H,21,22)/t17-/m0/s1. The van der Waals surface area contributed by atoms with E-state index in [9.17, 15) is 4.79 Å². The number of carbonyl (C=O) groups is 1. The van der Waals surface area contributed by atoms with E-state index in [-0.39, 0.29) is 5.91 Å². The molecule has 116 valence electrons. The monoisotopic (exact) mass is 297 g/mol. The number of carbonyl (C=O) groups excluding carboxylic acids is 1. The van der Waals surface area contributed by atoms with E-state index < -0.39 is 6.04 Å². The molecule has 0 saturated carbocycles. The average molecular weight is 297 g/mol. The van der Waals surface area contributed by atoms with Gasteiger partial charge in [0.25, 0.3) is 0 Å². The molecule has 1 atom stereocenters. The van der Waals surface area contributed by atoms with Crippen LogP contribution >= 0.6 is 0 Å². The van der Waals surface area contributed by atoms with Crippen LogP contribution in [0.3, 0.4) is 0 Å². The number of anilines is 1. The molecule has 1 aromatic carbocycles. The van der Waals surface area contributed by atoms with Gasteiger partial charge in [-0.3, -0.25) is 9.78 Å². The molecule has 1 amide bonds. The first-order valence-electron chi connectivity index (χ1n) is 7.59. The summed E-state index contributed by atoms with van der Waals surface area (Å²) in [6.45, 7) is 4.11. The highest BCUT2D eigenvalue weighted by molar-refractivity contribution is 5.94. The lowest BCUT2D eigenvalue weighted by Crippen LogP contribution is -2.36. The molecule has 0 aliphatic rings. The van der Waals surface area contributed by atoms with Crippen LogP contribution in [0.4, 0.5) is 5.69 Å². The van der Waals surface area contributed by atoms with Crippen LogP contribution in [-0.4, -0.2) is 16.9 Å². The maximum absolute atomic E-state index is 12.0. The van der Waals surface area contributed by atoms with E-state index >= 15 is 0 Å². The molecule has 4 nitrogen and oxygen atoms in total. The van der Waals surface area contributed by atoms with E-state index in [0.717, 1.165) is 12.1 Å². The van der Waals surface area contributed by atoms with Crippen molar-refractivity contribution in [2.75, 3.05) is 5.32 Å². The summed E-state index contributed by atoms with van der Waals surface area (Å²) in [5, 5.41) is 2.86. The highest BCUT2D eigenvalue weighted by Gasteiger charge is 2.14. The molecule has 22 heavy (non-hydrogen) atoms. The molecule has 1 heterocycles. The summed E-state index contributed by atoms with van der Waals surface area (Å²) in [5.41, 5.74) is 9.06. The molecule has 2 aromatic rings. The molecule has 0 bridgehead atoms. The second-order valence-electron chi connectivity index (χ2n) is 5.95. The van der Waals surface area contributed by atoms with Crippen LogP contribution in [0.2, 0.25) is 0 Å². The van der Waals surface area contributed by atoms with Gasteiger partial charge in [0.05, 0.1) is 6.04 Å². The first-order chi connectivity index (χ1) is 10.5. The molecular weight excluding hydrogens is 274 g/mol. The normalized spacial score (nSPS) is 12.2. The van der Waals surface area contributed by atoms with E-state index in [0.29, 0.717) is 12.3 Å². The summed E-state index contributed by atoms with van der Waals surface area (Å²) in [6, 6.07) is 11.4. The smallest absolute Gasteiger partial charge is 0.241 e. The van der Waals surface area contributed by atoms with Crippen molar-refractivity contribution in [2.24, 2.45) is 11.7 Å². The number of nitrogens with zero attached hydrogens (tertiary/aromatic N) is 1. The van der Waals surface area contributed by atoms with E-state index in [1.54, 1.807) is 12.4 Å². The lowest BCUT2D eigenvalue weighted by atomic mass is 10.0. The van der Waals surface area contributed by atoms with Gasteiger partial charge in [-0.2, -0.15) is 0 Å². The van der Waals surface area contributed by atoms with E-state index in [1.165, 1.54) is 11.1 Å². The zero-order valence-electron chi connectivity index (χ0n) is 13.1. The minimum absolute atomic E-state index is 0.129. The van der Waals surface area contributed by atoms with Gasteiger partial charge in [0.1, 0.15) is 0 Å². The zero-order chi connectivity index (χ0) is 15.9. The van der Waals surface area contributed by atoms with Crippen LogP contribution < -0.4 is 11.1 Å². The maximum atomic E-state index is 12.0. The van der Waals surface area contributed by atoms with E-state index in [2.05, 4.69) is 24.1 Å². The maximum Gasteiger partial charge on any atom is 0.241 e. The Bertz CT molecular complexity index is 593. The van der Waals surface area contributed by atoms with Gasteiger partial charge < -0.3 is 11.1 Å². The summed E-state index contributed by atoms with van der Waals surface area (Å²) in [5.74, 6) is 0.277. The summed E-state index contributed by atoms with van der Waals surface area (Å²) >= 11 is 0. The van der Waals surface area contributed by atoms with E-state index in [1.807, 2.05) is 36.4 Å². The number of hydrogen-bond donors (Lipinski definition) is 2. The Balaban J connectivity index is 1.93. The van der Waals surface area contributed by atoms with Gasteiger partial charge in [0.15, 0.2) is 0 Å². The fourth-order valence-electron chi connectivity index (χ4n) is 2.29. The van der Waals surface area contributed by atoms with Crippen molar-refractivity contribution in [3.8, 4) is 0 Å². The Morgan fingerprint density at radius 2 is 1.68 bits per heavy atom. The number of benzene rings is 1. The topological polar surface area (TPSA) is 68.0 Å². The third kappa shape index (κ3) is 4.97. The van der Waals surface area contributed by atoms with Gasteiger partial charge in [-0.1, -0.05) is 26.0 Å². The molecule has 0 radical (unpaired) electrons. The van der Waals surface area contributed by atoms with Gasteiger partial charge >= 0.3 is 0 Å². The molecule has 0 fully saturated rings. The Hall–Kier alpha value is -2.20. The fourth-order valence-corrected chi connectivity index (χ4v) is 2.29. The Morgan fingerprint density at radius 1 is 1.09 bits per heavy atom. The number of pyridine rings is 1. The van der Waals surface area contributed by atoms with Crippen molar-refractivity contribution in [3.63, 3.8) is 0 Å². The number of hydrogen-bond acceptors (Lipinski definition) is 3. The second-order valence-corrected chi connectivity index (χ2v) is 5.95. The first-order valence-corrected chi connectivity index (χ1v) is 7.59. The number of amides is 1. The fraction of sp³-hybridized carbons (Fsp3) is 0.333. The minimum Gasteiger partial charge on any atom is -0.325 e. The summed E-state index contributed by atoms with van der Waals surface area (Å²) in [4.78, 5) is 16.0. The Labute approximate surface area is 131 Å². The largest absolute Gasteiger partial charge is 0.325 e. The van der Waals surface area contributed by atoms with Crippen molar-refractivity contribution >= 4 is 11.6 Å². The number of rotatable bonds is 6. The van der Waals surface area contributed by atoms with Crippen LogP contribution in [0.15, 0.2) is 48.8 Å². The summed E-state index contributed by atoms with van der Waals surface area (Å²) in [6.07, 6.45) is 5.12. The van der Waals surface area contributed by atoms with Crippen molar-refractivity contribution in [1.29, 1.82) is 0 Å². The number of nitrogens with one attached hydrogen (secondary N) is 1. The quantitative estimate of drug-likeness (QED) is 0.861. The third-order valence-electron chi connectivity index (χ3n) is 3.44. The van der Waals surface area contributed by atoms with Crippen molar-refractivity contribution in [1.82, 2.24) is 4.98 Å². The van der Waals surface area contributed by atoms with Gasteiger partial charge in [-0.25, -0.2) is 0 Å². The molecule has 4 heteroatoms.